The van der Waals surface area contributed by atoms with E-state index in [4.69, 9.17) is 10.5 Å². The number of nitrogens with two attached hydrogens (primary N) is 1. The van der Waals surface area contributed by atoms with Crippen molar-refractivity contribution in [2.75, 3.05) is 18.1 Å². The lowest BCUT2D eigenvalue weighted by Gasteiger charge is -2.38. The fourth-order valence-electron chi connectivity index (χ4n) is 4.77. The minimum absolute atomic E-state index is 0.210. The van der Waals surface area contributed by atoms with Crippen LogP contribution < -0.4 is 10.6 Å². The molecule has 3 aromatic rings. The molecule has 2 N–H and O–H groups in total. The van der Waals surface area contributed by atoms with E-state index in [0.29, 0.717) is 26.3 Å². The molecule has 4 heterocycles. The summed E-state index contributed by atoms with van der Waals surface area (Å²) in [5.74, 6) is 0.210. The molecule has 0 bridgehead atoms. The number of aromatic nitrogens is 2. The smallest absolute Gasteiger partial charge is 0.238 e. The standard InChI is InChI=1S/C22H22N4O2/c23-21(13-28-14-21)12-26-16(9-15-3-1-2-4-18(15)26)11-25-19-10-24-8-5-17(19)22(6-7-22)20(25)27/h1-5,8-10H,6-7,11-14,23H2. The summed E-state index contributed by atoms with van der Waals surface area (Å²) < 4.78 is 7.62. The highest BCUT2D eigenvalue weighted by Gasteiger charge is 2.59. The number of amides is 1. The molecular weight excluding hydrogens is 352 g/mol. The minimum atomic E-state index is -0.345. The number of rotatable bonds is 4. The van der Waals surface area contributed by atoms with Crippen LogP contribution in [0.3, 0.4) is 0 Å². The molecule has 6 heteroatoms. The number of carbonyl (C=O) groups is 1. The molecule has 6 nitrogen and oxygen atoms in total. The summed E-state index contributed by atoms with van der Waals surface area (Å²) in [6, 6.07) is 12.5. The van der Waals surface area contributed by atoms with Gasteiger partial charge < -0.3 is 19.9 Å². The zero-order valence-corrected chi connectivity index (χ0v) is 15.6. The Morgan fingerprint density at radius 3 is 2.75 bits per heavy atom. The summed E-state index contributed by atoms with van der Waals surface area (Å²) in [5, 5.41) is 1.17. The summed E-state index contributed by atoms with van der Waals surface area (Å²) >= 11 is 0. The van der Waals surface area contributed by atoms with E-state index >= 15 is 0 Å². The van der Waals surface area contributed by atoms with Gasteiger partial charge in [0.2, 0.25) is 5.91 Å². The molecule has 1 spiro atoms. The molecule has 0 atom stereocenters. The fraction of sp³-hybridized carbons (Fsp3) is 0.364. The van der Waals surface area contributed by atoms with Crippen LogP contribution in [0.2, 0.25) is 0 Å². The zero-order valence-electron chi connectivity index (χ0n) is 15.6. The second-order valence-corrected chi connectivity index (χ2v) is 8.50. The van der Waals surface area contributed by atoms with E-state index in [-0.39, 0.29) is 16.9 Å². The highest BCUT2D eigenvalue weighted by molar-refractivity contribution is 6.09. The Morgan fingerprint density at radius 2 is 2.00 bits per heavy atom. The molecule has 1 amide bonds. The van der Waals surface area contributed by atoms with E-state index in [1.54, 1.807) is 6.20 Å². The normalized spacial score (nSPS) is 21.2. The number of para-hydroxylation sites is 1. The molecule has 2 fully saturated rings. The highest BCUT2D eigenvalue weighted by Crippen LogP contribution is 2.57. The summed E-state index contributed by atoms with van der Waals surface area (Å²) in [7, 11) is 0. The van der Waals surface area contributed by atoms with Crippen molar-refractivity contribution in [3.63, 3.8) is 0 Å². The van der Waals surface area contributed by atoms with Crippen molar-refractivity contribution in [2.24, 2.45) is 5.73 Å². The maximum atomic E-state index is 13.3. The van der Waals surface area contributed by atoms with Crippen LogP contribution in [0, 0.1) is 0 Å². The SMILES string of the molecule is NC1(Cn2c(CN3C(=O)C4(CC4)c4ccncc43)cc3ccccc32)COC1. The Morgan fingerprint density at radius 1 is 1.18 bits per heavy atom. The van der Waals surface area contributed by atoms with Crippen LogP contribution in [0.1, 0.15) is 24.1 Å². The average Bonchev–Trinajstić information content (AvgIpc) is 3.38. The van der Waals surface area contributed by atoms with Gasteiger partial charge in [-0.3, -0.25) is 9.78 Å². The van der Waals surface area contributed by atoms with Gasteiger partial charge in [-0.15, -0.1) is 0 Å². The number of ether oxygens (including phenoxy) is 1. The Labute approximate surface area is 162 Å². The molecular formula is C22H22N4O2. The molecule has 1 saturated carbocycles. The van der Waals surface area contributed by atoms with Gasteiger partial charge in [-0.2, -0.15) is 0 Å². The molecule has 3 aliphatic rings. The number of anilines is 1. The number of hydrogen-bond acceptors (Lipinski definition) is 4. The van der Waals surface area contributed by atoms with E-state index in [9.17, 15) is 4.79 Å². The van der Waals surface area contributed by atoms with Crippen molar-refractivity contribution in [1.82, 2.24) is 9.55 Å². The van der Waals surface area contributed by atoms with Crippen LogP contribution in [0.25, 0.3) is 10.9 Å². The molecule has 2 aliphatic heterocycles. The molecule has 28 heavy (non-hydrogen) atoms. The number of carbonyl (C=O) groups excluding carboxylic acids is 1. The van der Waals surface area contributed by atoms with Gasteiger partial charge in [-0.1, -0.05) is 18.2 Å². The maximum Gasteiger partial charge on any atom is 0.238 e. The van der Waals surface area contributed by atoms with Gasteiger partial charge in [0, 0.05) is 24.0 Å². The van der Waals surface area contributed by atoms with Gasteiger partial charge in [0.05, 0.1) is 42.6 Å². The Balaban J connectivity index is 1.43. The predicted molar refractivity (Wildman–Crippen MR) is 106 cm³/mol. The minimum Gasteiger partial charge on any atom is -0.377 e. The monoisotopic (exact) mass is 374 g/mol. The number of pyridine rings is 1. The summed E-state index contributed by atoms with van der Waals surface area (Å²) in [4.78, 5) is 19.5. The maximum absolute atomic E-state index is 13.3. The van der Waals surface area contributed by atoms with Gasteiger partial charge in [0.25, 0.3) is 0 Å². The molecule has 1 saturated heterocycles. The van der Waals surface area contributed by atoms with Crippen molar-refractivity contribution in [3.05, 3.63) is 60.0 Å². The van der Waals surface area contributed by atoms with Gasteiger partial charge in [0.1, 0.15) is 0 Å². The van der Waals surface area contributed by atoms with Crippen LogP contribution >= 0.6 is 0 Å². The molecule has 2 aromatic heterocycles. The van der Waals surface area contributed by atoms with Crippen molar-refractivity contribution in [1.29, 1.82) is 0 Å². The van der Waals surface area contributed by atoms with E-state index in [0.717, 1.165) is 35.3 Å². The first-order valence-electron chi connectivity index (χ1n) is 9.80. The highest BCUT2D eigenvalue weighted by atomic mass is 16.5. The lowest BCUT2D eigenvalue weighted by Crippen LogP contribution is -2.60. The second kappa shape index (κ2) is 5.43. The van der Waals surface area contributed by atoms with Crippen LogP contribution in [0.15, 0.2) is 48.8 Å². The summed E-state index contributed by atoms with van der Waals surface area (Å²) in [6.07, 6.45) is 5.50. The molecule has 0 radical (unpaired) electrons. The lowest BCUT2D eigenvalue weighted by molar-refractivity contribution is -0.120. The first-order valence-corrected chi connectivity index (χ1v) is 9.80. The van der Waals surface area contributed by atoms with E-state index in [1.165, 1.54) is 5.39 Å². The Hall–Kier alpha value is -2.70. The largest absolute Gasteiger partial charge is 0.377 e. The molecule has 1 aromatic carbocycles. The quantitative estimate of drug-likeness (QED) is 0.761. The van der Waals surface area contributed by atoms with E-state index in [1.807, 2.05) is 29.3 Å². The summed E-state index contributed by atoms with van der Waals surface area (Å²) in [5.41, 5.74) is 10.2. The Bertz CT molecular complexity index is 1110. The number of benzene rings is 1. The van der Waals surface area contributed by atoms with Gasteiger partial charge in [-0.05, 0) is 42.0 Å². The van der Waals surface area contributed by atoms with Crippen molar-refractivity contribution in [2.45, 2.75) is 36.9 Å². The van der Waals surface area contributed by atoms with Crippen molar-refractivity contribution >= 4 is 22.5 Å². The third kappa shape index (κ3) is 2.16. The first kappa shape index (κ1) is 16.3. The molecule has 6 rings (SSSR count). The van der Waals surface area contributed by atoms with Gasteiger partial charge in [0.15, 0.2) is 0 Å². The molecule has 142 valence electrons. The lowest BCUT2D eigenvalue weighted by atomic mass is 9.99. The Kier molecular flexibility index (Phi) is 3.15. The predicted octanol–water partition coefficient (Wildman–Crippen LogP) is 2.34. The summed E-state index contributed by atoms with van der Waals surface area (Å²) in [6.45, 7) is 2.35. The molecule has 1 aliphatic carbocycles. The van der Waals surface area contributed by atoms with Crippen LogP contribution in [0.4, 0.5) is 5.69 Å². The van der Waals surface area contributed by atoms with Crippen molar-refractivity contribution < 1.29 is 9.53 Å². The zero-order chi connectivity index (χ0) is 18.9. The number of hydrogen-bond donors (Lipinski definition) is 1. The van der Waals surface area contributed by atoms with E-state index in [2.05, 4.69) is 27.8 Å². The topological polar surface area (TPSA) is 73.4 Å². The second-order valence-electron chi connectivity index (χ2n) is 8.50. The van der Waals surface area contributed by atoms with Crippen molar-refractivity contribution in [3.8, 4) is 0 Å². The number of nitrogens with zero attached hydrogens (tertiary/aromatic N) is 3. The average molecular weight is 374 g/mol. The molecule has 0 unspecified atom stereocenters. The fourth-order valence-corrected chi connectivity index (χ4v) is 4.77. The third-order valence-corrected chi connectivity index (χ3v) is 6.48. The van der Waals surface area contributed by atoms with Crippen LogP contribution in [0.5, 0.6) is 0 Å². The first-order chi connectivity index (χ1) is 13.6. The van der Waals surface area contributed by atoms with Gasteiger partial charge >= 0.3 is 0 Å². The van der Waals surface area contributed by atoms with Crippen LogP contribution in [-0.4, -0.2) is 34.2 Å². The van der Waals surface area contributed by atoms with Gasteiger partial charge in [-0.25, -0.2) is 0 Å². The van der Waals surface area contributed by atoms with E-state index < -0.39 is 0 Å². The third-order valence-electron chi connectivity index (χ3n) is 6.48. The number of fused-ring (bicyclic) bond motifs is 3. The van der Waals surface area contributed by atoms with Crippen LogP contribution in [-0.2, 0) is 28.0 Å².